The van der Waals surface area contributed by atoms with E-state index in [1.165, 1.54) is 54.5 Å². The molecule has 1 aromatic heterocycles. The number of thiazole rings is 1. The normalized spacial score (nSPS) is 20.2. The van der Waals surface area contributed by atoms with Gasteiger partial charge in [-0.15, -0.1) is 11.3 Å². The van der Waals surface area contributed by atoms with Gasteiger partial charge in [0.2, 0.25) is 0 Å². The molecule has 1 aromatic rings. The smallest absolute Gasteiger partial charge is 0.185 e. The monoisotopic (exact) mass is 251 g/mol. The summed E-state index contributed by atoms with van der Waals surface area (Å²) >= 11 is 1.90. The maximum absolute atomic E-state index is 4.81. The molecule has 1 saturated heterocycles. The molecule has 1 N–H and O–H groups in total. The Morgan fingerprint density at radius 1 is 1.35 bits per heavy atom. The second-order valence-corrected chi connectivity index (χ2v) is 6.13. The molecule has 3 rings (SSSR count). The predicted octanol–water partition coefficient (Wildman–Crippen LogP) is 2.56. The zero-order chi connectivity index (χ0) is 11.7. The molecule has 0 spiro atoms. The second kappa shape index (κ2) is 4.94. The van der Waals surface area contributed by atoms with Crippen molar-refractivity contribution in [1.29, 1.82) is 0 Å². The van der Waals surface area contributed by atoms with E-state index in [2.05, 4.69) is 17.1 Å². The Morgan fingerprint density at radius 2 is 2.12 bits per heavy atom. The topological polar surface area (TPSA) is 28.2 Å². The molecular weight excluding hydrogens is 230 g/mol. The highest BCUT2D eigenvalue weighted by atomic mass is 32.1. The molecule has 0 atom stereocenters. The van der Waals surface area contributed by atoms with E-state index in [0.717, 1.165) is 19.0 Å². The Bertz CT molecular complexity index is 378. The van der Waals surface area contributed by atoms with Crippen molar-refractivity contribution in [3.8, 4) is 0 Å². The second-order valence-electron chi connectivity index (χ2n) is 5.07. The minimum Gasteiger partial charge on any atom is -0.348 e. The van der Waals surface area contributed by atoms with Crippen molar-refractivity contribution in [2.45, 2.75) is 51.6 Å². The summed E-state index contributed by atoms with van der Waals surface area (Å²) in [5.74, 6) is 0. The van der Waals surface area contributed by atoms with Gasteiger partial charge in [0.1, 0.15) is 0 Å². The zero-order valence-electron chi connectivity index (χ0n) is 10.5. The third-order valence-electron chi connectivity index (χ3n) is 3.61. The van der Waals surface area contributed by atoms with Crippen LogP contribution in [0.15, 0.2) is 0 Å². The van der Waals surface area contributed by atoms with Crippen LogP contribution in [0.5, 0.6) is 0 Å². The van der Waals surface area contributed by atoms with Crippen LogP contribution in [-0.4, -0.2) is 24.1 Å². The molecule has 0 aromatic carbocycles. The van der Waals surface area contributed by atoms with Gasteiger partial charge in [0.15, 0.2) is 5.13 Å². The lowest BCUT2D eigenvalue weighted by Gasteiger charge is -2.12. The van der Waals surface area contributed by atoms with Crippen molar-refractivity contribution in [3.05, 3.63) is 10.6 Å². The number of nitrogens with one attached hydrogen (secondary N) is 1. The maximum atomic E-state index is 4.81. The first-order valence-electron chi connectivity index (χ1n) is 6.83. The molecule has 2 heterocycles. The van der Waals surface area contributed by atoms with E-state index < -0.39 is 0 Å². The molecule has 1 aliphatic carbocycles. The largest absolute Gasteiger partial charge is 0.348 e. The van der Waals surface area contributed by atoms with E-state index in [1.807, 2.05) is 11.3 Å². The van der Waals surface area contributed by atoms with Gasteiger partial charge in [0.05, 0.1) is 5.69 Å². The van der Waals surface area contributed by atoms with Crippen LogP contribution < -0.4 is 10.2 Å². The fourth-order valence-corrected chi connectivity index (χ4v) is 3.50. The number of hydrogen-bond donors (Lipinski definition) is 1. The fraction of sp³-hybridized carbons (Fsp3) is 0.769. The van der Waals surface area contributed by atoms with Crippen molar-refractivity contribution in [1.82, 2.24) is 10.3 Å². The summed E-state index contributed by atoms with van der Waals surface area (Å²) in [7, 11) is 0. The Labute approximate surface area is 107 Å². The average Bonchev–Trinajstić information content (AvgIpc) is 2.88. The number of hydrogen-bond acceptors (Lipinski definition) is 4. The summed E-state index contributed by atoms with van der Waals surface area (Å²) in [4.78, 5) is 8.72. The predicted molar refractivity (Wildman–Crippen MR) is 72.8 cm³/mol. The standard InChI is InChI=1S/C13H21N3S/c1-2-11-12(9-14-10-5-6-10)17-13(15-11)16-7-3-4-8-16/h10,14H,2-9H2,1H3. The van der Waals surface area contributed by atoms with Crippen LogP contribution in [0, 0.1) is 0 Å². The van der Waals surface area contributed by atoms with Crippen LogP contribution in [0.4, 0.5) is 5.13 Å². The molecule has 17 heavy (non-hydrogen) atoms. The van der Waals surface area contributed by atoms with E-state index in [9.17, 15) is 0 Å². The molecule has 4 heteroatoms. The summed E-state index contributed by atoms with van der Waals surface area (Å²) in [6.45, 7) is 5.64. The highest BCUT2D eigenvalue weighted by Gasteiger charge is 2.22. The van der Waals surface area contributed by atoms with Crippen LogP contribution in [0.2, 0.25) is 0 Å². The summed E-state index contributed by atoms with van der Waals surface area (Å²) in [5.41, 5.74) is 1.31. The van der Waals surface area contributed by atoms with Crippen LogP contribution in [0.25, 0.3) is 0 Å². The first-order valence-corrected chi connectivity index (χ1v) is 7.65. The summed E-state index contributed by atoms with van der Waals surface area (Å²) in [6, 6.07) is 0.789. The molecule has 94 valence electrons. The lowest BCUT2D eigenvalue weighted by atomic mass is 10.3. The molecule has 0 amide bonds. The van der Waals surface area contributed by atoms with Crippen molar-refractivity contribution in [2.24, 2.45) is 0 Å². The molecule has 1 saturated carbocycles. The Morgan fingerprint density at radius 3 is 2.76 bits per heavy atom. The van der Waals surface area contributed by atoms with Gasteiger partial charge in [-0.2, -0.15) is 0 Å². The lowest BCUT2D eigenvalue weighted by molar-refractivity contribution is 0.689. The highest BCUT2D eigenvalue weighted by molar-refractivity contribution is 7.15. The summed E-state index contributed by atoms with van der Waals surface area (Å²) < 4.78 is 0. The Kier molecular flexibility index (Phi) is 3.34. The van der Waals surface area contributed by atoms with Gasteiger partial charge in [0.25, 0.3) is 0 Å². The van der Waals surface area contributed by atoms with Gasteiger partial charge >= 0.3 is 0 Å². The van der Waals surface area contributed by atoms with Crippen LogP contribution in [0.3, 0.4) is 0 Å². The molecule has 2 aliphatic rings. The van der Waals surface area contributed by atoms with Crippen molar-refractivity contribution in [3.63, 3.8) is 0 Å². The van der Waals surface area contributed by atoms with Gasteiger partial charge in [0, 0.05) is 30.6 Å². The van der Waals surface area contributed by atoms with E-state index in [0.29, 0.717) is 0 Å². The quantitative estimate of drug-likeness (QED) is 0.872. The van der Waals surface area contributed by atoms with Gasteiger partial charge in [-0.1, -0.05) is 6.92 Å². The third-order valence-corrected chi connectivity index (χ3v) is 4.77. The van der Waals surface area contributed by atoms with E-state index in [4.69, 9.17) is 4.98 Å². The average molecular weight is 251 g/mol. The van der Waals surface area contributed by atoms with Gasteiger partial charge in [-0.3, -0.25) is 0 Å². The van der Waals surface area contributed by atoms with Gasteiger partial charge in [-0.05, 0) is 32.1 Å². The maximum Gasteiger partial charge on any atom is 0.185 e. The van der Waals surface area contributed by atoms with Gasteiger partial charge in [-0.25, -0.2) is 4.98 Å². The summed E-state index contributed by atoms with van der Waals surface area (Å²) in [5, 5.41) is 4.86. The number of rotatable bonds is 5. The molecule has 3 nitrogen and oxygen atoms in total. The third kappa shape index (κ3) is 2.63. The molecule has 2 fully saturated rings. The summed E-state index contributed by atoms with van der Waals surface area (Å²) in [6.07, 6.45) is 6.44. The first kappa shape index (κ1) is 11.5. The SMILES string of the molecule is CCc1nc(N2CCCC2)sc1CNC1CC1. The van der Waals surface area contributed by atoms with E-state index in [-0.39, 0.29) is 0 Å². The van der Waals surface area contributed by atoms with Crippen LogP contribution in [-0.2, 0) is 13.0 Å². The minimum absolute atomic E-state index is 0.789. The number of anilines is 1. The van der Waals surface area contributed by atoms with Crippen LogP contribution in [0.1, 0.15) is 43.2 Å². The number of aryl methyl sites for hydroxylation is 1. The molecule has 0 bridgehead atoms. The molecule has 1 aliphatic heterocycles. The highest BCUT2D eigenvalue weighted by Crippen LogP contribution is 2.30. The molecular formula is C13H21N3S. The number of aromatic nitrogens is 1. The Hall–Kier alpha value is -0.610. The first-order chi connectivity index (χ1) is 8.36. The zero-order valence-corrected chi connectivity index (χ0v) is 11.4. The minimum atomic E-state index is 0.789. The van der Waals surface area contributed by atoms with Crippen molar-refractivity contribution >= 4 is 16.5 Å². The fourth-order valence-electron chi connectivity index (χ4n) is 2.35. The lowest BCUT2D eigenvalue weighted by Crippen LogP contribution is -2.17. The van der Waals surface area contributed by atoms with Crippen LogP contribution >= 0.6 is 11.3 Å². The van der Waals surface area contributed by atoms with E-state index >= 15 is 0 Å². The van der Waals surface area contributed by atoms with E-state index in [1.54, 1.807) is 0 Å². The Balaban J connectivity index is 1.71. The van der Waals surface area contributed by atoms with Crippen molar-refractivity contribution in [2.75, 3.05) is 18.0 Å². The number of nitrogens with zero attached hydrogens (tertiary/aromatic N) is 2. The molecule has 0 radical (unpaired) electrons. The van der Waals surface area contributed by atoms with Crippen molar-refractivity contribution < 1.29 is 0 Å². The molecule has 0 unspecified atom stereocenters. The van der Waals surface area contributed by atoms with Gasteiger partial charge < -0.3 is 10.2 Å².